The molecule has 21 heavy (non-hydrogen) atoms. The Kier molecular flexibility index (Phi) is 6.51. The van der Waals surface area contributed by atoms with Gasteiger partial charge in [-0.15, -0.1) is 0 Å². The van der Waals surface area contributed by atoms with E-state index in [1.165, 1.54) is 51.7 Å². The Morgan fingerprint density at radius 3 is 2.52 bits per heavy atom. The van der Waals surface area contributed by atoms with Crippen molar-refractivity contribution in [1.29, 1.82) is 0 Å². The maximum absolute atomic E-state index is 3.60. The highest BCUT2D eigenvalue weighted by molar-refractivity contribution is 4.91. The molecule has 1 saturated carbocycles. The lowest BCUT2D eigenvalue weighted by Crippen LogP contribution is -2.44. The lowest BCUT2D eigenvalue weighted by molar-refractivity contribution is 0.148. The second-order valence-corrected chi connectivity index (χ2v) is 7.85. The van der Waals surface area contributed by atoms with E-state index in [0.29, 0.717) is 0 Å². The van der Waals surface area contributed by atoms with Crippen LogP contribution in [-0.2, 0) is 0 Å². The summed E-state index contributed by atoms with van der Waals surface area (Å²) in [5, 5.41) is 3.60. The van der Waals surface area contributed by atoms with Gasteiger partial charge in [-0.1, -0.05) is 26.7 Å². The van der Waals surface area contributed by atoms with E-state index in [-0.39, 0.29) is 0 Å². The van der Waals surface area contributed by atoms with Gasteiger partial charge in [-0.3, -0.25) is 0 Å². The molecule has 2 rings (SSSR count). The van der Waals surface area contributed by atoms with Crippen molar-refractivity contribution < 1.29 is 0 Å². The number of hydrogen-bond donors (Lipinski definition) is 1. The molecule has 1 aliphatic heterocycles. The molecule has 0 aromatic heterocycles. The molecule has 124 valence electrons. The van der Waals surface area contributed by atoms with Crippen molar-refractivity contribution in [2.24, 2.45) is 17.8 Å². The summed E-state index contributed by atoms with van der Waals surface area (Å²) in [6, 6.07) is 1.49. The Morgan fingerprint density at radius 1 is 1.19 bits per heavy atom. The number of nitrogens with one attached hydrogen (secondary N) is 1. The first-order valence-corrected chi connectivity index (χ1v) is 9.11. The van der Waals surface area contributed by atoms with Crippen LogP contribution in [-0.4, -0.2) is 62.7 Å². The average Bonchev–Trinajstić information content (AvgIpc) is 2.80. The fourth-order valence-corrected chi connectivity index (χ4v) is 4.81. The van der Waals surface area contributed by atoms with Crippen LogP contribution in [0, 0.1) is 17.8 Å². The van der Waals surface area contributed by atoms with Crippen LogP contribution in [0.5, 0.6) is 0 Å². The Hall–Kier alpha value is -0.120. The minimum atomic E-state index is 0.742. The van der Waals surface area contributed by atoms with Gasteiger partial charge in [-0.25, -0.2) is 0 Å². The first-order valence-electron chi connectivity index (χ1n) is 9.11. The predicted molar refractivity (Wildman–Crippen MR) is 91.7 cm³/mol. The molecule has 5 atom stereocenters. The van der Waals surface area contributed by atoms with Gasteiger partial charge in [-0.2, -0.15) is 0 Å². The molecule has 5 unspecified atom stereocenters. The number of likely N-dealkylation sites (N-methyl/N-ethyl adjacent to an activating group) is 1. The first-order chi connectivity index (χ1) is 10.0. The van der Waals surface area contributed by atoms with E-state index in [9.17, 15) is 0 Å². The summed E-state index contributed by atoms with van der Waals surface area (Å²) in [6.07, 6.45) is 7.05. The standard InChI is InChI=1S/C18H37N3/c1-6-7-15-8-9-17(19-3)16(10-15)12-21-11-14(2)18(13-21)20(4)5/h14-19H,6-13H2,1-5H3. The van der Waals surface area contributed by atoms with Crippen molar-refractivity contribution in [2.75, 3.05) is 40.8 Å². The lowest BCUT2D eigenvalue weighted by atomic mass is 9.76. The van der Waals surface area contributed by atoms with E-state index in [1.807, 2.05) is 0 Å². The van der Waals surface area contributed by atoms with Crippen molar-refractivity contribution in [1.82, 2.24) is 15.1 Å². The van der Waals surface area contributed by atoms with Crippen LogP contribution in [0.1, 0.15) is 46.0 Å². The fraction of sp³-hybridized carbons (Fsp3) is 1.00. The van der Waals surface area contributed by atoms with E-state index in [0.717, 1.165) is 29.8 Å². The number of likely N-dealkylation sites (tertiary alicyclic amines) is 1. The SMILES string of the molecule is CCCC1CCC(NC)C(CN2CC(C)C(N(C)C)C2)C1. The monoisotopic (exact) mass is 295 g/mol. The van der Waals surface area contributed by atoms with E-state index >= 15 is 0 Å². The van der Waals surface area contributed by atoms with E-state index in [4.69, 9.17) is 0 Å². The van der Waals surface area contributed by atoms with Crippen molar-refractivity contribution in [3.63, 3.8) is 0 Å². The highest BCUT2D eigenvalue weighted by atomic mass is 15.2. The van der Waals surface area contributed by atoms with Crippen molar-refractivity contribution in [3.8, 4) is 0 Å². The summed E-state index contributed by atoms with van der Waals surface area (Å²) in [4.78, 5) is 5.15. The number of nitrogens with zero attached hydrogens (tertiary/aromatic N) is 2. The smallest absolute Gasteiger partial charge is 0.0254 e. The zero-order chi connectivity index (χ0) is 15.4. The highest BCUT2D eigenvalue weighted by Crippen LogP contribution is 2.33. The molecular weight excluding hydrogens is 258 g/mol. The van der Waals surface area contributed by atoms with Gasteiger partial charge >= 0.3 is 0 Å². The molecular formula is C18H37N3. The first kappa shape index (κ1) is 17.2. The van der Waals surface area contributed by atoms with Crippen LogP contribution in [0.25, 0.3) is 0 Å². The molecule has 1 saturated heterocycles. The molecule has 1 N–H and O–H groups in total. The molecule has 1 heterocycles. The van der Waals surface area contributed by atoms with Gasteiger partial charge in [0.2, 0.25) is 0 Å². The Labute approximate surface area is 132 Å². The van der Waals surface area contributed by atoms with E-state index in [2.05, 4.69) is 50.1 Å². The topological polar surface area (TPSA) is 18.5 Å². The van der Waals surface area contributed by atoms with Gasteiger partial charge in [0.15, 0.2) is 0 Å². The molecule has 3 heteroatoms. The molecule has 2 fully saturated rings. The van der Waals surface area contributed by atoms with Gasteiger partial charge in [0.05, 0.1) is 0 Å². The maximum Gasteiger partial charge on any atom is 0.0254 e. The summed E-state index contributed by atoms with van der Waals surface area (Å²) in [5.41, 5.74) is 0. The Balaban J connectivity index is 1.90. The second-order valence-electron chi connectivity index (χ2n) is 7.85. The number of rotatable bonds is 6. The average molecular weight is 296 g/mol. The third kappa shape index (κ3) is 4.43. The quantitative estimate of drug-likeness (QED) is 0.813. The third-order valence-corrected chi connectivity index (χ3v) is 5.96. The van der Waals surface area contributed by atoms with E-state index < -0.39 is 0 Å². The Morgan fingerprint density at radius 2 is 1.95 bits per heavy atom. The molecule has 0 bridgehead atoms. The normalized spacial score (nSPS) is 38.3. The lowest BCUT2D eigenvalue weighted by Gasteiger charge is -2.38. The molecule has 2 aliphatic rings. The largest absolute Gasteiger partial charge is 0.317 e. The van der Waals surface area contributed by atoms with Crippen molar-refractivity contribution in [2.45, 2.75) is 58.0 Å². The fourth-order valence-electron chi connectivity index (χ4n) is 4.81. The minimum Gasteiger partial charge on any atom is -0.317 e. The summed E-state index contributed by atoms with van der Waals surface area (Å²) in [5.74, 6) is 2.64. The zero-order valence-electron chi connectivity index (χ0n) is 14.9. The van der Waals surface area contributed by atoms with Crippen molar-refractivity contribution >= 4 is 0 Å². The zero-order valence-corrected chi connectivity index (χ0v) is 14.9. The molecule has 0 amide bonds. The second kappa shape index (κ2) is 7.94. The van der Waals surface area contributed by atoms with Crippen LogP contribution in [0.2, 0.25) is 0 Å². The molecule has 0 aromatic carbocycles. The third-order valence-electron chi connectivity index (χ3n) is 5.96. The summed E-state index contributed by atoms with van der Waals surface area (Å²) in [7, 11) is 6.63. The van der Waals surface area contributed by atoms with Crippen LogP contribution in [0.3, 0.4) is 0 Å². The number of hydrogen-bond acceptors (Lipinski definition) is 3. The van der Waals surface area contributed by atoms with Gasteiger partial charge in [0.25, 0.3) is 0 Å². The summed E-state index contributed by atoms with van der Waals surface area (Å²) >= 11 is 0. The Bertz CT molecular complexity index is 305. The summed E-state index contributed by atoms with van der Waals surface area (Å²) < 4.78 is 0. The van der Waals surface area contributed by atoms with Crippen LogP contribution in [0.15, 0.2) is 0 Å². The van der Waals surface area contributed by atoms with Gasteiger partial charge in [-0.05, 0) is 58.2 Å². The highest BCUT2D eigenvalue weighted by Gasteiger charge is 2.35. The molecule has 0 radical (unpaired) electrons. The van der Waals surface area contributed by atoms with E-state index in [1.54, 1.807) is 0 Å². The molecule has 1 aliphatic carbocycles. The molecule has 0 spiro atoms. The van der Waals surface area contributed by atoms with Crippen molar-refractivity contribution in [3.05, 3.63) is 0 Å². The molecule has 3 nitrogen and oxygen atoms in total. The van der Waals surface area contributed by atoms with Crippen LogP contribution < -0.4 is 5.32 Å². The maximum atomic E-state index is 3.60. The van der Waals surface area contributed by atoms with Gasteiger partial charge in [0, 0.05) is 31.7 Å². The van der Waals surface area contributed by atoms with Crippen LogP contribution in [0.4, 0.5) is 0 Å². The summed E-state index contributed by atoms with van der Waals surface area (Å²) in [6.45, 7) is 8.61. The van der Waals surface area contributed by atoms with Crippen LogP contribution >= 0.6 is 0 Å². The molecule has 0 aromatic rings. The predicted octanol–water partition coefficient (Wildman–Crippen LogP) is 2.67. The van der Waals surface area contributed by atoms with Gasteiger partial charge < -0.3 is 15.1 Å². The van der Waals surface area contributed by atoms with Gasteiger partial charge in [0.1, 0.15) is 0 Å². The minimum absolute atomic E-state index is 0.742.